The van der Waals surface area contributed by atoms with Gasteiger partial charge in [-0.1, -0.05) is 19.3 Å². The average Bonchev–Trinajstić information content (AvgIpc) is 2.92. The highest BCUT2D eigenvalue weighted by molar-refractivity contribution is 7.09. The molecule has 0 spiro atoms. The largest absolute Gasteiger partial charge is 0.379 e. The summed E-state index contributed by atoms with van der Waals surface area (Å²) in [5.74, 6) is 6.35. The first kappa shape index (κ1) is 13.9. The fourth-order valence-corrected chi connectivity index (χ4v) is 3.64. The molecular formula is C13H23N3OS. The highest BCUT2D eigenvalue weighted by Crippen LogP contribution is 2.30. The minimum Gasteiger partial charge on any atom is -0.379 e. The Morgan fingerprint density at radius 2 is 2.28 bits per heavy atom. The molecule has 1 aromatic heterocycles. The van der Waals surface area contributed by atoms with Crippen LogP contribution in [0.25, 0.3) is 0 Å². The Kier molecular flexibility index (Phi) is 5.56. The maximum absolute atomic E-state index is 5.73. The molecular weight excluding hydrogens is 246 g/mol. The first-order chi connectivity index (χ1) is 8.85. The van der Waals surface area contributed by atoms with Crippen LogP contribution in [0.2, 0.25) is 0 Å². The van der Waals surface area contributed by atoms with E-state index in [0.29, 0.717) is 5.92 Å². The van der Waals surface area contributed by atoms with Crippen molar-refractivity contribution in [3.63, 3.8) is 0 Å². The van der Waals surface area contributed by atoms with Crippen LogP contribution in [-0.2, 0) is 11.2 Å². The zero-order chi connectivity index (χ0) is 12.8. The van der Waals surface area contributed by atoms with Gasteiger partial charge >= 0.3 is 0 Å². The molecule has 2 atom stereocenters. The summed E-state index contributed by atoms with van der Waals surface area (Å²) in [5.41, 5.74) is 2.93. The number of hydrogen-bond acceptors (Lipinski definition) is 5. The van der Waals surface area contributed by atoms with Crippen LogP contribution in [0.1, 0.15) is 37.1 Å². The van der Waals surface area contributed by atoms with Crippen molar-refractivity contribution >= 4 is 11.3 Å². The van der Waals surface area contributed by atoms with Crippen molar-refractivity contribution in [2.24, 2.45) is 11.8 Å². The van der Waals surface area contributed by atoms with Crippen molar-refractivity contribution in [2.75, 3.05) is 7.11 Å². The maximum Gasteiger partial charge on any atom is 0.0941 e. The number of methoxy groups -OCH3 is 1. The van der Waals surface area contributed by atoms with Gasteiger partial charge in [-0.15, -0.1) is 11.3 Å². The van der Waals surface area contributed by atoms with Gasteiger partial charge in [-0.05, 0) is 18.8 Å². The van der Waals surface area contributed by atoms with Crippen molar-refractivity contribution < 1.29 is 4.74 Å². The monoisotopic (exact) mass is 269 g/mol. The third-order valence-electron chi connectivity index (χ3n) is 3.88. The topological polar surface area (TPSA) is 60.2 Å². The van der Waals surface area contributed by atoms with Crippen molar-refractivity contribution in [3.8, 4) is 0 Å². The molecule has 18 heavy (non-hydrogen) atoms. The van der Waals surface area contributed by atoms with Gasteiger partial charge in [0.05, 0.1) is 17.2 Å². The van der Waals surface area contributed by atoms with E-state index in [2.05, 4.69) is 10.4 Å². The molecule has 1 aliphatic carbocycles. The van der Waals surface area contributed by atoms with Crippen LogP contribution in [0.4, 0.5) is 0 Å². The van der Waals surface area contributed by atoms with Gasteiger partial charge in [0.25, 0.3) is 0 Å². The number of nitrogens with two attached hydrogens (primary N) is 1. The Labute approximate surface area is 113 Å². The molecule has 1 saturated carbocycles. The third-order valence-corrected chi connectivity index (χ3v) is 4.68. The van der Waals surface area contributed by atoms with Gasteiger partial charge in [-0.25, -0.2) is 4.98 Å². The number of nitrogens with one attached hydrogen (secondary N) is 1. The van der Waals surface area contributed by atoms with Gasteiger partial charge in [-0.2, -0.15) is 0 Å². The number of rotatable bonds is 6. The molecule has 0 radical (unpaired) electrons. The summed E-state index contributed by atoms with van der Waals surface area (Å²) in [4.78, 5) is 4.33. The quantitative estimate of drug-likeness (QED) is 0.613. The van der Waals surface area contributed by atoms with Crippen molar-refractivity contribution in [3.05, 3.63) is 16.6 Å². The number of hydrazine groups is 1. The molecule has 1 fully saturated rings. The van der Waals surface area contributed by atoms with Crippen LogP contribution in [0, 0.1) is 5.92 Å². The lowest BCUT2D eigenvalue weighted by Gasteiger charge is -2.34. The van der Waals surface area contributed by atoms with E-state index in [9.17, 15) is 0 Å². The lowest BCUT2D eigenvalue weighted by atomic mass is 9.82. The molecule has 0 amide bonds. The SMILES string of the molecule is COC(C1CCCCC1)C(Cc1nccs1)NN. The fraction of sp³-hybridized carbons (Fsp3) is 0.769. The van der Waals surface area contributed by atoms with Gasteiger partial charge in [0.1, 0.15) is 0 Å². The van der Waals surface area contributed by atoms with E-state index in [-0.39, 0.29) is 12.1 Å². The summed E-state index contributed by atoms with van der Waals surface area (Å²) in [5, 5.41) is 3.13. The molecule has 2 rings (SSSR count). The Bertz CT molecular complexity index is 325. The number of ether oxygens (including phenoxy) is 1. The van der Waals surface area contributed by atoms with E-state index >= 15 is 0 Å². The van der Waals surface area contributed by atoms with Crippen molar-refractivity contribution in [2.45, 2.75) is 50.7 Å². The van der Waals surface area contributed by atoms with Crippen LogP contribution in [0.5, 0.6) is 0 Å². The molecule has 4 nitrogen and oxygen atoms in total. The summed E-state index contributed by atoms with van der Waals surface area (Å²) in [6.45, 7) is 0. The highest BCUT2D eigenvalue weighted by Gasteiger charge is 2.30. The molecule has 102 valence electrons. The van der Waals surface area contributed by atoms with E-state index in [0.717, 1.165) is 11.4 Å². The minimum absolute atomic E-state index is 0.157. The second-order valence-corrected chi connectivity index (χ2v) is 5.98. The molecule has 1 heterocycles. The zero-order valence-electron chi connectivity index (χ0n) is 11.0. The zero-order valence-corrected chi connectivity index (χ0v) is 11.8. The lowest BCUT2D eigenvalue weighted by molar-refractivity contribution is 0.00826. The molecule has 0 aliphatic heterocycles. The number of aromatic nitrogens is 1. The van der Waals surface area contributed by atoms with Crippen molar-refractivity contribution in [1.29, 1.82) is 0 Å². The molecule has 0 bridgehead atoms. The Morgan fingerprint density at radius 1 is 1.50 bits per heavy atom. The average molecular weight is 269 g/mol. The number of nitrogens with zero attached hydrogens (tertiary/aromatic N) is 1. The van der Waals surface area contributed by atoms with Gasteiger partial charge in [0.2, 0.25) is 0 Å². The summed E-state index contributed by atoms with van der Waals surface area (Å²) < 4.78 is 5.73. The first-order valence-corrected chi connectivity index (χ1v) is 7.60. The Hall–Kier alpha value is -0.490. The van der Waals surface area contributed by atoms with Crippen LogP contribution in [-0.4, -0.2) is 24.2 Å². The highest BCUT2D eigenvalue weighted by atomic mass is 32.1. The second kappa shape index (κ2) is 7.19. The van der Waals surface area contributed by atoms with Gasteiger partial charge in [0.15, 0.2) is 0 Å². The second-order valence-electron chi connectivity index (χ2n) is 5.00. The van der Waals surface area contributed by atoms with Crippen LogP contribution in [0.15, 0.2) is 11.6 Å². The number of thiazole rings is 1. The molecule has 3 N–H and O–H groups in total. The van der Waals surface area contributed by atoms with E-state index in [1.807, 2.05) is 11.6 Å². The van der Waals surface area contributed by atoms with E-state index in [4.69, 9.17) is 10.6 Å². The van der Waals surface area contributed by atoms with Gasteiger partial charge in [0, 0.05) is 25.1 Å². The Morgan fingerprint density at radius 3 is 2.83 bits per heavy atom. The minimum atomic E-state index is 0.157. The van der Waals surface area contributed by atoms with Gasteiger partial charge < -0.3 is 4.74 Å². The summed E-state index contributed by atoms with van der Waals surface area (Å²) in [6, 6.07) is 0.157. The fourth-order valence-electron chi connectivity index (χ4n) is 2.96. The lowest BCUT2D eigenvalue weighted by Crippen LogP contribution is -2.49. The van der Waals surface area contributed by atoms with Crippen molar-refractivity contribution in [1.82, 2.24) is 10.4 Å². The molecule has 2 unspecified atom stereocenters. The predicted octanol–water partition coefficient (Wildman–Crippen LogP) is 2.11. The van der Waals surface area contributed by atoms with Gasteiger partial charge in [-0.3, -0.25) is 11.3 Å². The Balaban J connectivity index is 1.98. The standard InChI is InChI=1S/C13H23N3OS/c1-17-13(10-5-3-2-4-6-10)11(16-14)9-12-15-7-8-18-12/h7-8,10-11,13,16H,2-6,9,14H2,1H3. The van der Waals surface area contributed by atoms with E-state index in [1.54, 1.807) is 18.4 Å². The molecule has 0 saturated heterocycles. The first-order valence-electron chi connectivity index (χ1n) is 6.72. The summed E-state index contributed by atoms with van der Waals surface area (Å²) in [7, 11) is 1.80. The predicted molar refractivity (Wildman–Crippen MR) is 74.3 cm³/mol. The van der Waals surface area contributed by atoms with Crippen LogP contribution >= 0.6 is 11.3 Å². The smallest absolute Gasteiger partial charge is 0.0941 e. The molecule has 1 aliphatic rings. The normalized spacial score (nSPS) is 20.8. The molecule has 0 aromatic carbocycles. The molecule has 1 aromatic rings. The summed E-state index contributed by atoms with van der Waals surface area (Å²) >= 11 is 1.68. The van der Waals surface area contributed by atoms with Crippen LogP contribution < -0.4 is 11.3 Å². The maximum atomic E-state index is 5.73. The summed E-state index contributed by atoms with van der Waals surface area (Å²) in [6.07, 6.45) is 9.40. The van der Waals surface area contributed by atoms with Crippen LogP contribution in [0.3, 0.4) is 0 Å². The van der Waals surface area contributed by atoms with E-state index in [1.165, 1.54) is 32.1 Å². The van der Waals surface area contributed by atoms with E-state index < -0.39 is 0 Å². The number of hydrogen-bond donors (Lipinski definition) is 2. The molecule has 5 heteroatoms. The third kappa shape index (κ3) is 3.51.